The molecule has 1 atom stereocenters. The van der Waals surface area contributed by atoms with Gasteiger partial charge >= 0.3 is 5.97 Å². The molecule has 0 bridgehead atoms. The van der Waals surface area contributed by atoms with Crippen LogP contribution >= 0.6 is 15.9 Å². The number of hydrogen-bond donors (Lipinski definition) is 1. The molecule has 0 spiro atoms. The SMILES string of the molecule is CCCCC(CC)Cn1c(NC(=O)c2cccc(Br)c2)c(C(=O)OCC)c2nc3ccccc3nc21. The highest BCUT2D eigenvalue weighted by molar-refractivity contribution is 9.10. The normalized spacial score (nSPS) is 12.1. The first-order valence-electron chi connectivity index (χ1n) is 12.5. The number of rotatable bonds is 10. The van der Waals surface area contributed by atoms with Crippen molar-refractivity contribution in [2.75, 3.05) is 11.9 Å². The molecule has 188 valence electrons. The van der Waals surface area contributed by atoms with Gasteiger partial charge in [-0.1, -0.05) is 67.2 Å². The molecule has 1 N–H and O–H groups in total. The summed E-state index contributed by atoms with van der Waals surface area (Å²) in [5, 5.41) is 3.01. The average Bonchev–Trinajstić information content (AvgIpc) is 3.16. The molecule has 4 rings (SSSR count). The number of carbonyl (C=O) groups is 2. The van der Waals surface area contributed by atoms with Crippen molar-refractivity contribution in [2.45, 2.75) is 53.0 Å². The lowest BCUT2D eigenvalue weighted by atomic mass is 9.99. The van der Waals surface area contributed by atoms with Crippen LogP contribution in [0.15, 0.2) is 53.0 Å². The highest BCUT2D eigenvalue weighted by atomic mass is 79.9. The van der Waals surface area contributed by atoms with Crippen LogP contribution in [0.1, 0.15) is 67.2 Å². The van der Waals surface area contributed by atoms with E-state index in [2.05, 4.69) is 35.1 Å². The van der Waals surface area contributed by atoms with Crippen LogP contribution < -0.4 is 5.32 Å². The number of para-hydroxylation sites is 2. The zero-order valence-electron chi connectivity index (χ0n) is 20.9. The second kappa shape index (κ2) is 11.6. The number of aromatic nitrogens is 3. The van der Waals surface area contributed by atoms with Gasteiger partial charge in [0.15, 0.2) is 5.65 Å². The molecule has 0 radical (unpaired) electrons. The van der Waals surface area contributed by atoms with E-state index in [1.165, 1.54) is 0 Å². The lowest BCUT2D eigenvalue weighted by Gasteiger charge is -2.19. The third-order valence-electron chi connectivity index (χ3n) is 6.33. The van der Waals surface area contributed by atoms with E-state index in [9.17, 15) is 9.59 Å². The summed E-state index contributed by atoms with van der Waals surface area (Å²) in [6.45, 7) is 6.92. The van der Waals surface area contributed by atoms with E-state index in [4.69, 9.17) is 14.7 Å². The summed E-state index contributed by atoms with van der Waals surface area (Å²) in [6.07, 6.45) is 4.22. The largest absolute Gasteiger partial charge is 0.462 e. The van der Waals surface area contributed by atoms with Crippen molar-refractivity contribution in [1.82, 2.24) is 14.5 Å². The smallest absolute Gasteiger partial charge is 0.344 e. The number of carbonyl (C=O) groups excluding carboxylic acids is 2. The molecule has 0 aliphatic rings. The Kier molecular flexibility index (Phi) is 8.36. The minimum Gasteiger partial charge on any atom is -0.462 e. The first kappa shape index (κ1) is 25.8. The first-order valence-corrected chi connectivity index (χ1v) is 13.3. The highest BCUT2D eigenvalue weighted by Crippen LogP contribution is 2.33. The maximum Gasteiger partial charge on any atom is 0.344 e. The van der Waals surface area contributed by atoms with E-state index >= 15 is 0 Å². The van der Waals surface area contributed by atoms with Crippen molar-refractivity contribution in [1.29, 1.82) is 0 Å². The van der Waals surface area contributed by atoms with Gasteiger partial charge in [-0.25, -0.2) is 14.8 Å². The number of unbranched alkanes of at least 4 members (excludes halogenated alkanes) is 1. The Balaban J connectivity index is 1.93. The van der Waals surface area contributed by atoms with Crippen molar-refractivity contribution >= 4 is 55.8 Å². The van der Waals surface area contributed by atoms with Gasteiger partial charge in [0, 0.05) is 16.6 Å². The molecule has 0 saturated carbocycles. The van der Waals surface area contributed by atoms with E-state index in [1.54, 1.807) is 25.1 Å². The number of nitrogens with one attached hydrogen (secondary N) is 1. The van der Waals surface area contributed by atoms with Crippen molar-refractivity contribution in [3.63, 3.8) is 0 Å². The summed E-state index contributed by atoms with van der Waals surface area (Å²) < 4.78 is 8.16. The Bertz CT molecular complexity index is 1400. The standard InChI is InChI=1S/C28H31BrN4O3/c1-4-7-11-18(5-2)17-33-25(32-27(34)19-12-10-13-20(29)16-19)23(28(35)36-6-3)24-26(33)31-22-15-9-8-14-21(22)30-24/h8-10,12-16,18H,4-7,11,17H2,1-3H3,(H,32,34). The maximum absolute atomic E-state index is 13.4. The van der Waals surface area contributed by atoms with Gasteiger partial charge in [-0.05, 0) is 49.6 Å². The first-order chi connectivity index (χ1) is 17.5. The van der Waals surface area contributed by atoms with Crippen molar-refractivity contribution in [3.05, 3.63) is 64.1 Å². The number of hydrogen-bond acceptors (Lipinski definition) is 5. The Morgan fingerprint density at radius 3 is 2.47 bits per heavy atom. The predicted molar refractivity (Wildman–Crippen MR) is 146 cm³/mol. The maximum atomic E-state index is 13.4. The molecule has 1 unspecified atom stereocenters. The minimum absolute atomic E-state index is 0.208. The van der Waals surface area contributed by atoms with Crippen LogP contribution in [-0.2, 0) is 11.3 Å². The van der Waals surface area contributed by atoms with Crippen molar-refractivity contribution < 1.29 is 14.3 Å². The van der Waals surface area contributed by atoms with E-state index in [-0.39, 0.29) is 18.1 Å². The molecule has 2 aromatic heterocycles. The van der Waals surface area contributed by atoms with Gasteiger partial charge in [0.1, 0.15) is 16.9 Å². The van der Waals surface area contributed by atoms with Crippen molar-refractivity contribution in [2.24, 2.45) is 5.92 Å². The van der Waals surface area contributed by atoms with Crippen LogP contribution in [0.5, 0.6) is 0 Å². The van der Waals surface area contributed by atoms with Crippen LogP contribution in [0.2, 0.25) is 0 Å². The van der Waals surface area contributed by atoms with Gasteiger partial charge in [0.25, 0.3) is 5.91 Å². The molecular weight excluding hydrogens is 520 g/mol. The lowest BCUT2D eigenvalue weighted by molar-refractivity contribution is 0.0529. The summed E-state index contributed by atoms with van der Waals surface area (Å²) in [6, 6.07) is 14.7. The number of amides is 1. The number of benzene rings is 2. The fourth-order valence-corrected chi connectivity index (χ4v) is 4.79. The molecule has 1 amide bonds. The summed E-state index contributed by atoms with van der Waals surface area (Å²) in [5.74, 6) is -0.127. The van der Waals surface area contributed by atoms with Gasteiger partial charge in [0.2, 0.25) is 0 Å². The molecule has 0 aliphatic heterocycles. The minimum atomic E-state index is -0.531. The van der Waals surface area contributed by atoms with Crippen LogP contribution in [-0.4, -0.2) is 33.0 Å². The molecule has 2 heterocycles. The Morgan fingerprint density at radius 1 is 1.06 bits per heavy atom. The quantitative estimate of drug-likeness (QED) is 0.215. The molecule has 36 heavy (non-hydrogen) atoms. The van der Waals surface area contributed by atoms with Gasteiger partial charge in [-0.3, -0.25) is 4.79 Å². The van der Waals surface area contributed by atoms with E-state index in [0.29, 0.717) is 40.5 Å². The molecular formula is C28H31BrN4O3. The zero-order valence-corrected chi connectivity index (χ0v) is 22.5. The topological polar surface area (TPSA) is 86.1 Å². The lowest BCUT2D eigenvalue weighted by Crippen LogP contribution is -2.20. The summed E-state index contributed by atoms with van der Waals surface area (Å²) in [4.78, 5) is 36.3. The van der Waals surface area contributed by atoms with Gasteiger partial charge in [-0.2, -0.15) is 0 Å². The number of ether oxygens (including phenoxy) is 1. The fraction of sp³-hybridized carbons (Fsp3) is 0.357. The highest BCUT2D eigenvalue weighted by Gasteiger charge is 2.29. The van der Waals surface area contributed by atoms with Crippen LogP contribution in [0.25, 0.3) is 22.2 Å². The van der Waals surface area contributed by atoms with Gasteiger partial charge < -0.3 is 14.6 Å². The second-order valence-electron chi connectivity index (χ2n) is 8.82. The Labute approximate surface area is 219 Å². The van der Waals surface area contributed by atoms with E-state index in [1.807, 2.05) is 34.9 Å². The van der Waals surface area contributed by atoms with Crippen LogP contribution in [0.3, 0.4) is 0 Å². The zero-order chi connectivity index (χ0) is 25.7. The summed E-state index contributed by atoms with van der Waals surface area (Å²) in [7, 11) is 0. The number of nitrogens with zero attached hydrogens (tertiary/aromatic N) is 3. The van der Waals surface area contributed by atoms with E-state index in [0.717, 1.165) is 35.7 Å². The summed E-state index contributed by atoms with van der Waals surface area (Å²) in [5.41, 5.74) is 3.11. The molecule has 2 aromatic carbocycles. The fourth-order valence-electron chi connectivity index (χ4n) is 4.39. The molecule has 8 heteroatoms. The molecule has 4 aromatic rings. The van der Waals surface area contributed by atoms with Crippen molar-refractivity contribution in [3.8, 4) is 0 Å². The van der Waals surface area contributed by atoms with Crippen LogP contribution in [0, 0.1) is 5.92 Å². The summed E-state index contributed by atoms with van der Waals surface area (Å²) >= 11 is 3.43. The second-order valence-corrected chi connectivity index (χ2v) is 9.74. The predicted octanol–water partition coefficient (Wildman–Crippen LogP) is 6.99. The van der Waals surface area contributed by atoms with Crippen LogP contribution in [0.4, 0.5) is 5.82 Å². The van der Waals surface area contributed by atoms with Gasteiger partial charge in [-0.15, -0.1) is 0 Å². The van der Waals surface area contributed by atoms with Gasteiger partial charge in [0.05, 0.1) is 17.6 Å². The number of fused-ring (bicyclic) bond motifs is 2. The number of esters is 1. The molecule has 0 aliphatic carbocycles. The number of halogens is 1. The Morgan fingerprint density at radius 2 is 1.81 bits per heavy atom. The molecule has 0 fully saturated rings. The molecule has 7 nitrogen and oxygen atoms in total. The third kappa shape index (κ3) is 5.43. The number of anilines is 1. The Hall–Kier alpha value is -3.26. The average molecular weight is 551 g/mol. The molecule has 0 saturated heterocycles. The monoisotopic (exact) mass is 550 g/mol. The third-order valence-corrected chi connectivity index (χ3v) is 6.83. The van der Waals surface area contributed by atoms with E-state index < -0.39 is 5.97 Å².